The van der Waals surface area contributed by atoms with E-state index in [0.717, 1.165) is 78.0 Å². The van der Waals surface area contributed by atoms with Gasteiger partial charge in [0.1, 0.15) is 24.1 Å². The Balaban J connectivity index is 1.28. The summed E-state index contributed by atoms with van der Waals surface area (Å²) in [6, 6.07) is 16.1. The van der Waals surface area contributed by atoms with Crippen LogP contribution < -0.4 is 14.2 Å². The molecule has 0 N–H and O–H groups in total. The number of aromatic nitrogens is 1. The summed E-state index contributed by atoms with van der Waals surface area (Å²) < 4.78 is 22.6. The van der Waals surface area contributed by atoms with Crippen molar-refractivity contribution in [3.8, 4) is 39.6 Å². The van der Waals surface area contributed by atoms with Gasteiger partial charge in [-0.1, -0.05) is 35.9 Å². The number of nitrogens with zero attached hydrogens (tertiary/aromatic N) is 2. The second-order valence-electron chi connectivity index (χ2n) is 9.03. The van der Waals surface area contributed by atoms with E-state index in [9.17, 15) is 0 Å². The monoisotopic (exact) mass is 464 g/mol. The molecule has 0 radical (unpaired) electrons. The van der Waals surface area contributed by atoms with Gasteiger partial charge in [-0.3, -0.25) is 4.90 Å². The summed E-state index contributed by atoms with van der Waals surface area (Å²) >= 11 is 6.62. The van der Waals surface area contributed by atoms with Crippen molar-refractivity contribution in [2.45, 2.75) is 6.54 Å². The lowest BCUT2D eigenvalue weighted by atomic mass is 9.78. The van der Waals surface area contributed by atoms with E-state index in [1.165, 1.54) is 0 Å². The maximum Gasteiger partial charge on any atom is 0.161 e. The van der Waals surface area contributed by atoms with Crippen LogP contribution in [-0.2, 0) is 11.3 Å². The summed E-state index contributed by atoms with van der Waals surface area (Å²) in [6.45, 7) is 5.83. The Kier molecular flexibility index (Phi) is 5.17. The number of para-hydroxylation sites is 1. The Bertz CT molecular complexity index is 1200. The van der Waals surface area contributed by atoms with Crippen molar-refractivity contribution in [3.05, 3.63) is 59.2 Å². The van der Waals surface area contributed by atoms with E-state index in [1.54, 1.807) is 7.11 Å². The van der Waals surface area contributed by atoms with Crippen molar-refractivity contribution in [2.24, 2.45) is 5.41 Å². The van der Waals surface area contributed by atoms with Gasteiger partial charge in [-0.05, 0) is 29.8 Å². The fourth-order valence-electron chi connectivity index (χ4n) is 4.96. The number of benzene rings is 2. The molecule has 0 bridgehead atoms. The number of halogens is 1. The number of methoxy groups -OCH3 is 1. The van der Waals surface area contributed by atoms with Crippen molar-refractivity contribution in [2.75, 3.05) is 46.6 Å². The van der Waals surface area contributed by atoms with E-state index >= 15 is 0 Å². The molecule has 7 heteroatoms. The summed E-state index contributed by atoms with van der Waals surface area (Å²) in [4.78, 5) is 7.13. The number of pyridine rings is 1. The first-order valence-corrected chi connectivity index (χ1v) is 11.5. The number of fused-ring (bicyclic) bond motifs is 1. The highest BCUT2D eigenvalue weighted by Crippen LogP contribution is 2.42. The van der Waals surface area contributed by atoms with E-state index in [-0.39, 0.29) is 0 Å². The Morgan fingerprint density at radius 1 is 1.00 bits per heavy atom. The molecule has 3 aliphatic heterocycles. The molecule has 33 heavy (non-hydrogen) atoms. The molecule has 0 aliphatic carbocycles. The molecule has 4 heterocycles. The van der Waals surface area contributed by atoms with Gasteiger partial charge in [0, 0.05) is 41.7 Å². The van der Waals surface area contributed by atoms with Crippen LogP contribution >= 0.6 is 11.6 Å². The molecule has 6 nitrogen and oxygen atoms in total. The van der Waals surface area contributed by atoms with Crippen LogP contribution in [0.1, 0.15) is 5.56 Å². The van der Waals surface area contributed by atoms with E-state index < -0.39 is 0 Å². The van der Waals surface area contributed by atoms with Gasteiger partial charge in [-0.25, -0.2) is 4.98 Å². The van der Waals surface area contributed by atoms with Gasteiger partial charge in [0.05, 0.1) is 26.0 Å². The van der Waals surface area contributed by atoms with Gasteiger partial charge in [0.25, 0.3) is 0 Å². The molecule has 0 amide bonds. The van der Waals surface area contributed by atoms with E-state index in [0.29, 0.717) is 23.8 Å². The molecular weight excluding hydrogens is 440 g/mol. The highest BCUT2D eigenvalue weighted by Gasteiger charge is 2.48. The van der Waals surface area contributed by atoms with Crippen molar-refractivity contribution >= 4 is 11.6 Å². The van der Waals surface area contributed by atoms with Crippen LogP contribution in [0.15, 0.2) is 48.5 Å². The first-order chi connectivity index (χ1) is 16.1. The second kappa shape index (κ2) is 8.20. The van der Waals surface area contributed by atoms with Crippen molar-refractivity contribution in [3.63, 3.8) is 0 Å². The zero-order chi connectivity index (χ0) is 22.4. The van der Waals surface area contributed by atoms with Crippen LogP contribution in [-0.4, -0.2) is 56.5 Å². The van der Waals surface area contributed by atoms with Crippen LogP contribution in [0.3, 0.4) is 0 Å². The molecule has 0 saturated carbocycles. The summed E-state index contributed by atoms with van der Waals surface area (Å²) in [5.41, 5.74) is 5.06. The Hall–Kier alpha value is -2.80. The third-order valence-corrected chi connectivity index (χ3v) is 6.93. The molecular formula is C26H25ClN2O4. The lowest BCUT2D eigenvalue weighted by molar-refractivity contribution is -0.191. The quantitative estimate of drug-likeness (QED) is 0.511. The number of rotatable bonds is 5. The van der Waals surface area contributed by atoms with Crippen LogP contribution in [0.2, 0.25) is 5.15 Å². The predicted molar refractivity (Wildman–Crippen MR) is 126 cm³/mol. The van der Waals surface area contributed by atoms with Gasteiger partial charge in [0.2, 0.25) is 0 Å². The van der Waals surface area contributed by atoms with Crippen molar-refractivity contribution in [1.82, 2.24) is 9.88 Å². The van der Waals surface area contributed by atoms with Gasteiger partial charge in [-0.15, -0.1) is 0 Å². The second-order valence-corrected chi connectivity index (χ2v) is 9.39. The molecule has 3 aliphatic rings. The average molecular weight is 465 g/mol. The number of hydrogen-bond acceptors (Lipinski definition) is 6. The molecule has 170 valence electrons. The zero-order valence-corrected chi connectivity index (χ0v) is 19.2. The largest absolute Gasteiger partial charge is 0.495 e. The number of hydrogen-bond donors (Lipinski definition) is 0. The normalized spacial score (nSPS) is 18.5. The Morgan fingerprint density at radius 2 is 1.79 bits per heavy atom. The molecule has 6 rings (SSSR count). The molecule has 0 atom stereocenters. The summed E-state index contributed by atoms with van der Waals surface area (Å²) in [7, 11) is 1.68. The molecule has 2 fully saturated rings. The summed E-state index contributed by atoms with van der Waals surface area (Å²) in [6.07, 6.45) is 0. The summed E-state index contributed by atoms with van der Waals surface area (Å²) in [5.74, 6) is 2.26. The maximum atomic E-state index is 6.62. The zero-order valence-electron chi connectivity index (χ0n) is 18.5. The predicted octanol–water partition coefficient (Wildman–Crippen LogP) is 4.68. The SMILES string of the molecule is COc1c(-c2ccc3c(c2)OCCO3)cccc1-c1ccc(CN2CC3(COC3)C2)c(Cl)n1. The van der Waals surface area contributed by atoms with E-state index in [1.807, 2.05) is 42.5 Å². The van der Waals surface area contributed by atoms with Crippen LogP contribution in [0, 0.1) is 5.41 Å². The topological polar surface area (TPSA) is 53.0 Å². The van der Waals surface area contributed by atoms with Gasteiger partial charge < -0.3 is 18.9 Å². The third-order valence-electron chi connectivity index (χ3n) is 6.60. The van der Waals surface area contributed by atoms with Crippen molar-refractivity contribution < 1.29 is 18.9 Å². The highest BCUT2D eigenvalue weighted by atomic mass is 35.5. The molecule has 2 aromatic carbocycles. The third kappa shape index (κ3) is 3.72. The first kappa shape index (κ1) is 20.8. The van der Waals surface area contributed by atoms with Crippen molar-refractivity contribution in [1.29, 1.82) is 0 Å². The van der Waals surface area contributed by atoms with E-state index in [2.05, 4.69) is 11.0 Å². The van der Waals surface area contributed by atoms with Crippen LogP contribution in [0.4, 0.5) is 0 Å². The lowest BCUT2D eigenvalue weighted by Crippen LogP contribution is -2.65. The van der Waals surface area contributed by atoms with Gasteiger partial charge in [-0.2, -0.15) is 0 Å². The number of ether oxygens (including phenoxy) is 4. The first-order valence-electron chi connectivity index (χ1n) is 11.2. The minimum Gasteiger partial charge on any atom is -0.495 e. The minimum absolute atomic E-state index is 0.390. The molecule has 3 aromatic rings. The summed E-state index contributed by atoms with van der Waals surface area (Å²) in [5, 5.41) is 0.532. The minimum atomic E-state index is 0.390. The van der Waals surface area contributed by atoms with Gasteiger partial charge in [0.15, 0.2) is 11.5 Å². The average Bonchev–Trinajstić information content (AvgIpc) is 2.80. The van der Waals surface area contributed by atoms with E-state index in [4.69, 9.17) is 35.5 Å². The Morgan fingerprint density at radius 3 is 2.52 bits per heavy atom. The fraction of sp³-hybridized carbons (Fsp3) is 0.346. The highest BCUT2D eigenvalue weighted by molar-refractivity contribution is 6.30. The molecule has 1 aromatic heterocycles. The molecule has 2 saturated heterocycles. The van der Waals surface area contributed by atoms with Crippen LogP contribution in [0.5, 0.6) is 17.2 Å². The standard InChI is InChI=1S/C26H25ClN2O4/c1-30-24-19(17-6-8-22-23(11-17)33-10-9-32-22)3-2-4-20(24)21-7-5-18(25(27)28-21)12-29-13-26(14-29)15-31-16-26/h2-8,11H,9-10,12-16H2,1H3. The molecule has 1 spiro atoms. The van der Waals surface area contributed by atoms with Gasteiger partial charge >= 0.3 is 0 Å². The molecule has 0 unspecified atom stereocenters. The fourth-order valence-corrected chi connectivity index (χ4v) is 5.17. The lowest BCUT2D eigenvalue weighted by Gasteiger charge is -2.55. The number of likely N-dealkylation sites (tertiary alicyclic amines) is 1. The Labute approximate surface area is 198 Å². The van der Waals surface area contributed by atoms with Crippen LogP contribution in [0.25, 0.3) is 22.4 Å². The smallest absolute Gasteiger partial charge is 0.161 e. The maximum absolute atomic E-state index is 6.62.